The van der Waals surface area contributed by atoms with E-state index in [0.717, 1.165) is 51.6 Å². The lowest BCUT2D eigenvalue weighted by molar-refractivity contribution is -0.235. The fraction of sp³-hybridized carbons (Fsp3) is 0.920. The van der Waals surface area contributed by atoms with Gasteiger partial charge in [0.1, 0.15) is 0 Å². The van der Waals surface area contributed by atoms with Gasteiger partial charge in [0, 0.05) is 17.8 Å². The Kier molecular flexibility index (Phi) is 10.5. The Hall–Kier alpha value is -0.420. The van der Waals surface area contributed by atoms with Crippen molar-refractivity contribution in [1.29, 1.82) is 0 Å². The smallest absolute Gasteiger partial charge is 0.160 e. The van der Waals surface area contributed by atoms with Crippen LogP contribution in [0.3, 0.4) is 0 Å². The zero-order valence-electron chi connectivity index (χ0n) is 18.9. The van der Waals surface area contributed by atoms with Crippen molar-refractivity contribution in [2.45, 2.75) is 97.1 Å². The molecule has 0 bridgehead atoms. The van der Waals surface area contributed by atoms with E-state index in [-0.39, 0.29) is 12.6 Å². The molecule has 168 valence electrons. The molecule has 0 unspecified atom stereocenters. The maximum atomic E-state index is 6.15. The van der Waals surface area contributed by atoms with Gasteiger partial charge < -0.3 is 18.9 Å². The zero-order chi connectivity index (χ0) is 20.3. The predicted octanol–water partition coefficient (Wildman–Crippen LogP) is 6.10. The Morgan fingerprint density at radius 1 is 0.724 bits per heavy atom. The molecular weight excluding hydrogens is 364 g/mol. The predicted molar refractivity (Wildman–Crippen MR) is 117 cm³/mol. The summed E-state index contributed by atoms with van der Waals surface area (Å²) in [6.45, 7) is 7.72. The van der Waals surface area contributed by atoms with Gasteiger partial charge >= 0.3 is 0 Å². The van der Waals surface area contributed by atoms with Gasteiger partial charge in [-0.2, -0.15) is 0 Å². The minimum Gasteiger partial charge on any atom is -0.352 e. The molecule has 0 amide bonds. The average Bonchev–Trinajstić information content (AvgIpc) is 2.78. The molecule has 1 saturated carbocycles. The van der Waals surface area contributed by atoms with E-state index in [1.165, 1.54) is 51.4 Å². The Morgan fingerprint density at radius 3 is 2.10 bits per heavy atom. The van der Waals surface area contributed by atoms with Crippen molar-refractivity contribution in [3.63, 3.8) is 0 Å². The highest BCUT2D eigenvalue weighted by molar-refractivity contribution is 4.89. The standard InChI is InChI=1S/C25H44O4/c1-3-5-7-9-21-16-26-24(27-17-21)15-12-22-18-28-25(29-19-22)23-13-10-20(11-14-23)8-6-4-2/h7,9,20-25H,3-6,8,10-19H2,1-2H3. The van der Waals surface area contributed by atoms with E-state index in [4.69, 9.17) is 18.9 Å². The van der Waals surface area contributed by atoms with E-state index in [0.29, 0.717) is 17.8 Å². The third-order valence-electron chi connectivity index (χ3n) is 6.90. The highest BCUT2D eigenvalue weighted by Gasteiger charge is 2.32. The van der Waals surface area contributed by atoms with Gasteiger partial charge in [0.25, 0.3) is 0 Å². The maximum Gasteiger partial charge on any atom is 0.160 e. The van der Waals surface area contributed by atoms with Gasteiger partial charge in [0.15, 0.2) is 12.6 Å². The topological polar surface area (TPSA) is 36.9 Å². The van der Waals surface area contributed by atoms with E-state index in [1.807, 2.05) is 0 Å². The lowest BCUT2D eigenvalue weighted by Gasteiger charge is -2.38. The maximum absolute atomic E-state index is 6.15. The Bertz CT molecular complexity index is 442. The SMILES string of the molecule is CCCC=CC1COC(CCC2COC(C3CCC(CCCC)CC3)OC2)OC1. The largest absolute Gasteiger partial charge is 0.352 e. The molecule has 2 saturated heterocycles. The molecule has 2 aliphatic heterocycles. The van der Waals surface area contributed by atoms with Crippen molar-refractivity contribution in [2.75, 3.05) is 26.4 Å². The number of hydrogen-bond acceptors (Lipinski definition) is 4. The van der Waals surface area contributed by atoms with Gasteiger partial charge in [-0.15, -0.1) is 0 Å². The van der Waals surface area contributed by atoms with Gasteiger partial charge in [-0.3, -0.25) is 0 Å². The Morgan fingerprint density at radius 2 is 1.45 bits per heavy atom. The molecule has 4 nitrogen and oxygen atoms in total. The van der Waals surface area contributed by atoms with Gasteiger partial charge in [-0.05, 0) is 50.9 Å². The molecule has 0 atom stereocenters. The van der Waals surface area contributed by atoms with Crippen LogP contribution in [0, 0.1) is 23.7 Å². The summed E-state index contributed by atoms with van der Waals surface area (Å²) < 4.78 is 24.1. The van der Waals surface area contributed by atoms with Crippen molar-refractivity contribution in [2.24, 2.45) is 23.7 Å². The molecule has 29 heavy (non-hydrogen) atoms. The van der Waals surface area contributed by atoms with Crippen LogP contribution in [0.4, 0.5) is 0 Å². The summed E-state index contributed by atoms with van der Waals surface area (Å²) in [5.41, 5.74) is 0. The first-order valence-electron chi connectivity index (χ1n) is 12.4. The Labute approximate surface area is 178 Å². The van der Waals surface area contributed by atoms with Crippen LogP contribution in [0.15, 0.2) is 12.2 Å². The summed E-state index contributed by atoms with van der Waals surface area (Å²) in [7, 11) is 0. The number of allylic oxidation sites excluding steroid dienone is 1. The molecule has 0 spiro atoms. The van der Waals surface area contributed by atoms with Crippen molar-refractivity contribution in [3.8, 4) is 0 Å². The van der Waals surface area contributed by atoms with E-state index in [9.17, 15) is 0 Å². The molecule has 2 heterocycles. The molecule has 0 aromatic heterocycles. The number of unbranched alkanes of at least 4 members (excludes halogenated alkanes) is 2. The van der Waals surface area contributed by atoms with Crippen LogP contribution >= 0.6 is 0 Å². The van der Waals surface area contributed by atoms with Crippen LogP contribution in [0.1, 0.15) is 84.5 Å². The summed E-state index contributed by atoms with van der Waals surface area (Å²) in [6.07, 6.45) is 18.2. The summed E-state index contributed by atoms with van der Waals surface area (Å²) in [5.74, 6) is 2.44. The first-order valence-corrected chi connectivity index (χ1v) is 12.4. The minimum absolute atomic E-state index is 0.0382. The molecule has 3 rings (SSSR count). The summed E-state index contributed by atoms with van der Waals surface area (Å²) >= 11 is 0. The van der Waals surface area contributed by atoms with Crippen LogP contribution < -0.4 is 0 Å². The quantitative estimate of drug-likeness (QED) is 0.409. The summed E-state index contributed by atoms with van der Waals surface area (Å²) in [6, 6.07) is 0. The number of hydrogen-bond donors (Lipinski definition) is 0. The van der Waals surface area contributed by atoms with Gasteiger partial charge in [0.2, 0.25) is 0 Å². The molecule has 0 aromatic rings. The molecule has 0 N–H and O–H groups in total. The molecule has 0 aromatic carbocycles. The van der Waals surface area contributed by atoms with E-state index in [2.05, 4.69) is 26.0 Å². The molecule has 3 fully saturated rings. The van der Waals surface area contributed by atoms with Crippen LogP contribution in [0.5, 0.6) is 0 Å². The van der Waals surface area contributed by atoms with Gasteiger partial charge in [-0.25, -0.2) is 0 Å². The normalized spacial score (nSPS) is 36.5. The van der Waals surface area contributed by atoms with Crippen LogP contribution in [-0.2, 0) is 18.9 Å². The third kappa shape index (κ3) is 7.97. The van der Waals surface area contributed by atoms with Gasteiger partial charge in [-0.1, -0.05) is 51.7 Å². The first-order chi connectivity index (χ1) is 14.3. The second-order valence-corrected chi connectivity index (χ2v) is 9.47. The van der Waals surface area contributed by atoms with E-state index >= 15 is 0 Å². The lowest BCUT2D eigenvalue weighted by Crippen LogP contribution is -2.39. The van der Waals surface area contributed by atoms with Crippen molar-refractivity contribution in [3.05, 3.63) is 12.2 Å². The van der Waals surface area contributed by atoms with Crippen LogP contribution in [0.2, 0.25) is 0 Å². The molecule has 3 aliphatic rings. The van der Waals surface area contributed by atoms with Crippen molar-refractivity contribution >= 4 is 0 Å². The van der Waals surface area contributed by atoms with Crippen LogP contribution in [0.25, 0.3) is 0 Å². The van der Waals surface area contributed by atoms with E-state index in [1.54, 1.807) is 0 Å². The zero-order valence-corrected chi connectivity index (χ0v) is 18.9. The third-order valence-corrected chi connectivity index (χ3v) is 6.90. The lowest BCUT2D eigenvalue weighted by atomic mass is 9.79. The summed E-state index contributed by atoms with van der Waals surface area (Å²) in [4.78, 5) is 0. The second kappa shape index (κ2) is 13.1. The fourth-order valence-electron chi connectivity index (χ4n) is 4.90. The summed E-state index contributed by atoms with van der Waals surface area (Å²) in [5, 5.41) is 0. The van der Waals surface area contributed by atoms with Crippen LogP contribution in [-0.4, -0.2) is 39.0 Å². The average molecular weight is 409 g/mol. The molecular formula is C25H44O4. The highest BCUT2D eigenvalue weighted by Crippen LogP contribution is 2.36. The molecule has 0 radical (unpaired) electrons. The first kappa shape index (κ1) is 23.2. The monoisotopic (exact) mass is 408 g/mol. The van der Waals surface area contributed by atoms with Gasteiger partial charge in [0.05, 0.1) is 26.4 Å². The van der Waals surface area contributed by atoms with Crippen molar-refractivity contribution < 1.29 is 18.9 Å². The fourth-order valence-corrected chi connectivity index (χ4v) is 4.90. The van der Waals surface area contributed by atoms with Crippen molar-refractivity contribution in [1.82, 2.24) is 0 Å². The molecule has 4 heteroatoms. The number of ether oxygens (including phenoxy) is 4. The van der Waals surface area contributed by atoms with E-state index < -0.39 is 0 Å². The number of rotatable bonds is 10. The highest BCUT2D eigenvalue weighted by atomic mass is 16.7. The Balaban J connectivity index is 1.25. The molecule has 1 aliphatic carbocycles. The minimum atomic E-state index is -0.0538. The second-order valence-electron chi connectivity index (χ2n) is 9.47.